The molecule has 2 amide bonds. The molecule has 0 saturated heterocycles. The molecule has 7 heteroatoms. The van der Waals surface area contributed by atoms with E-state index in [1.807, 2.05) is 24.3 Å². The molecule has 1 heterocycles. The third kappa shape index (κ3) is 21.2. The first-order chi connectivity index (χ1) is 17.7. The van der Waals surface area contributed by atoms with Crippen LogP contribution in [0.5, 0.6) is 0 Å². The highest BCUT2D eigenvalue weighted by Crippen LogP contribution is 2.12. The van der Waals surface area contributed by atoms with E-state index in [2.05, 4.69) is 34.5 Å². The van der Waals surface area contributed by atoms with Crippen molar-refractivity contribution in [2.24, 2.45) is 0 Å². The van der Waals surface area contributed by atoms with Crippen molar-refractivity contribution in [3.8, 4) is 0 Å². The maximum absolute atomic E-state index is 12.1. The second kappa shape index (κ2) is 26.2. The predicted molar refractivity (Wildman–Crippen MR) is 149 cm³/mol. The quantitative estimate of drug-likeness (QED) is 0.0907. The molecular weight excluding hydrogens is 530 g/mol. The molecule has 0 aromatic carbocycles. The molecule has 2 atom stereocenters. The van der Waals surface area contributed by atoms with Crippen LogP contribution in [0, 0.1) is 0 Å². The Kier molecular flexibility index (Phi) is 25.2. The molecule has 4 N–H and O–H groups in total. The van der Waals surface area contributed by atoms with Gasteiger partial charge >= 0.3 is 6.03 Å². The normalized spacial score (nSPS) is 12.7. The minimum Gasteiger partial charge on any atom is -1.00 e. The summed E-state index contributed by atoms with van der Waals surface area (Å²) in [6.07, 6.45) is 26.5. The van der Waals surface area contributed by atoms with Crippen LogP contribution in [0.2, 0.25) is 0 Å². The summed E-state index contributed by atoms with van der Waals surface area (Å²) >= 11 is 0. The number of rotatable bonds is 23. The highest BCUT2D eigenvalue weighted by atomic mass is 79.9. The number of unbranched alkanes of at least 4 members (excludes halogenated alkanes) is 14. The van der Waals surface area contributed by atoms with E-state index in [0.29, 0.717) is 6.54 Å². The molecule has 214 valence electrons. The molecule has 0 bridgehead atoms. The maximum Gasteiger partial charge on any atom is 0.315 e. The van der Waals surface area contributed by atoms with Crippen molar-refractivity contribution < 1.29 is 36.6 Å². The Bertz CT molecular complexity index is 661. The summed E-state index contributed by atoms with van der Waals surface area (Å²) in [5.41, 5.74) is 0. The number of aliphatic hydroxyl groups is 2. The third-order valence-corrected chi connectivity index (χ3v) is 6.64. The zero-order valence-electron chi connectivity index (χ0n) is 23.3. The number of amides is 2. The summed E-state index contributed by atoms with van der Waals surface area (Å²) in [7, 11) is 0. The third-order valence-electron chi connectivity index (χ3n) is 6.64. The van der Waals surface area contributed by atoms with Gasteiger partial charge in [-0.15, -0.1) is 0 Å². The van der Waals surface area contributed by atoms with Gasteiger partial charge in [-0.2, -0.15) is 0 Å². The van der Waals surface area contributed by atoms with Crippen molar-refractivity contribution in [1.82, 2.24) is 10.6 Å². The van der Waals surface area contributed by atoms with Gasteiger partial charge in [-0.25, -0.2) is 9.36 Å². The topological polar surface area (TPSA) is 85.5 Å². The lowest BCUT2D eigenvalue weighted by atomic mass is 10.0. The minimum absolute atomic E-state index is 0. The van der Waals surface area contributed by atoms with E-state index in [9.17, 15) is 15.0 Å². The number of hydrogen-bond donors (Lipinski definition) is 4. The van der Waals surface area contributed by atoms with Crippen molar-refractivity contribution in [3.05, 3.63) is 42.7 Å². The van der Waals surface area contributed by atoms with Crippen molar-refractivity contribution in [3.63, 3.8) is 0 Å². The Balaban J connectivity index is 0.0000130. The summed E-state index contributed by atoms with van der Waals surface area (Å²) in [5, 5.41) is 25.4. The Morgan fingerprint density at radius 1 is 0.838 bits per heavy atom. The number of hydrogen-bond acceptors (Lipinski definition) is 3. The van der Waals surface area contributed by atoms with Crippen molar-refractivity contribution >= 4 is 6.03 Å². The van der Waals surface area contributed by atoms with Gasteiger partial charge in [0.15, 0.2) is 12.4 Å². The van der Waals surface area contributed by atoms with Gasteiger partial charge in [-0.1, -0.05) is 95.8 Å². The smallest absolute Gasteiger partial charge is 0.315 e. The summed E-state index contributed by atoms with van der Waals surface area (Å²) in [4.78, 5) is 12.1. The van der Waals surface area contributed by atoms with E-state index < -0.39 is 12.1 Å². The predicted octanol–water partition coefficient (Wildman–Crippen LogP) is 2.82. The molecule has 0 spiro atoms. The van der Waals surface area contributed by atoms with Gasteiger partial charge in [0.25, 0.3) is 0 Å². The number of halogens is 1. The number of urea groups is 1. The molecule has 0 aliphatic heterocycles. The average Bonchev–Trinajstić information content (AvgIpc) is 2.89. The largest absolute Gasteiger partial charge is 1.00 e. The van der Waals surface area contributed by atoms with Gasteiger partial charge in [0.05, 0.1) is 18.8 Å². The van der Waals surface area contributed by atoms with Crippen molar-refractivity contribution in [2.75, 3.05) is 13.2 Å². The van der Waals surface area contributed by atoms with Gasteiger partial charge in [0, 0.05) is 25.1 Å². The fourth-order valence-electron chi connectivity index (χ4n) is 4.31. The molecule has 1 aromatic heterocycles. The van der Waals surface area contributed by atoms with Crippen LogP contribution in [-0.2, 0) is 6.54 Å². The van der Waals surface area contributed by atoms with Gasteiger partial charge in [-0.05, 0) is 25.7 Å². The number of aryl methyl sites for hydroxylation is 1. The van der Waals surface area contributed by atoms with Crippen LogP contribution in [0.25, 0.3) is 0 Å². The minimum atomic E-state index is -0.885. The lowest BCUT2D eigenvalue weighted by molar-refractivity contribution is -0.697. The lowest BCUT2D eigenvalue weighted by Crippen LogP contribution is -3.00. The second-order valence-corrected chi connectivity index (χ2v) is 9.96. The van der Waals surface area contributed by atoms with Gasteiger partial charge in [-0.3, -0.25) is 0 Å². The molecule has 0 aliphatic carbocycles. The Morgan fingerprint density at radius 2 is 1.41 bits per heavy atom. The summed E-state index contributed by atoms with van der Waals surface area (Å²) in [5.74, 6) is 0. The second-order valence-electron chi connectivity index (χ2n) is 9.96. The van der Waals surface area contributed by atoms with Crippen LogP contribution in [0.1, 0.15) is 110 Å². The van der Waals surface area contributed by atoms with Crippen LogP contribution in [0.4, 0.5) is 4.79 Å². The van der Waals surface area contributed by atoms with E-state index in [4.69, 9.17) is 0 Å². The fraction of sp³-hybridized carbons (Fsp3) is 0.733. The maximum atomic E-state index is 12.1. The van der Waals surface area contributed by atoms with Gasteiger partial charge < -0.3 is 37.8 Å². The van der Waals surface area contributed by atoms with E-state index in [-0.39, 0.29) is 29.6 Å². The van der Waals surface area contributed by atoms with Crippen LogP contribution in [0.3, 0.4) is 0 Å². The van der Waals surface area contributed by atoms with Crippen molar-refractivity contribution in [2.45, 2.75) is 128 Å². The zero-order valence-corrected chi connectivity index (χ0v) is 24.8. The molecule has 0 unspecified atom stereocenters. The van der Waals surface area contributed by atoms with Crippen LogP contribution in [0.15, 0.2) is 42.7 Å². The van der Waals surface area contributed by atoms with Gasteiger partial charge in [0.2, 0.25) is 0 Å². The number of aromatic nitrogens is 1. The van der Waals surface area contributed by atoms with E-state index in [1.165, 1.54) is 64.2 Å². The molecular formula is C30H54BrN3O3. The number of pyridine rings is 1. The average molecular weight is 585 g/mol. The van der Waals surface area contributed by atoms with Crippen LogP contribution < -0.4 is 32.2 Å². The monoisotopic (exact) mass is 583 g/mol. The van der Waals surface area contributed by atoms with E-state index in [1.54, 1.807) is 6.08 Å². The molecule has 37 heavy (non-hydrogen) atoms. The number of nitrogens with zero attached hydrogens (tertiary/aromatic N) is 1. The first-order valence-corrected chi connectivity index (χ1v) is 14.6. The number of nitrogens with one attached hydrogen (secondary N) is 2. The summed E-state index contributed by atoms with van der Waals surface area (Å²) in [6, 6.07) is 5.06. The van der Waals surface area contributed by atoms with E-state index >= 15 is 0 Å². The number of allylic oxidation sites excluding steroid dienone is 1. The molecule has 1 aromatic rings. The Labute approximate surface area is 237 Å². The molecule has 6 nitrogen and oxygen atoms in total. The standard InChI is InChI=1S/C30H53N3O3.BrH/c1-2-3-4-5-6-7-8-9-10-11-12-13-17-22-29(35)28(27-34)32-30(36)31-23-18-14-15-19-24-33-25-20-16-21-26-33;/h16-17,20-22,25-26,28-29,34-35H,2-15,18-19,23-24,27H2,1H3,(H-,31,32,36);1H/b22-17+;/t28-,29-;/m0./s1. The highest BCUT2D eigenvalue weighted by molar-refractivity contribution is 5.74. The first-order valence-electron chi connectivity index (χ1n) is 14.6. The Morgan fingerprint density at radius 3 is 2.03 bits per heavy atom. The highest BCUT2D eigenvalue weighted by Gasteiger charge is 2.17. The SMILES string of the molecule is CCCCCCCCCCCCC/C=C/[C@H](O)[C@H](CO)NC(=O)NCCCCCC[n+]1ccccc1.[Br-]. The van der Waals surface area contributed by atoms with Crippen LogP contribution >= 0.6 is 0 Å². The number of carbonyl (C=O) groups is 1. The number of carbonyl (C=O) groups excluding carboxylic acids is 1. The number of aliphatic hydroxyl groups excluding tert-OH is 2. The molecule has 0 aliphatic rings. The van der Waals surface area contributed by atoms with Crippen LogP contribution in [-0.4, -0.2) is 41.5 Å². The lowest BCUT2D eigenvalue weighted by Gasteiger charge is -2.20. The Hall–Kier alpha value is -1.44. The van der Waals surface area contributed by atoms with Gasteiger partial charge in [0.1, 0.15) is 6.54 Å². The summed E-state index contributed by atoms with van der Waals surface area (Å²) < 4.78 is 2.18. The first kappa shape index (κ1) is 35.6. The molecule has 1 rings (SSSR count). The van der Waals surface area contributed by atoms with E-state index in [0.717, 1.165) is 45.1 Å². The van der Waals surface area contributed by atoms with Crippen molar-refractivity contribution in [1.29, 1.82) is 0 Å². The molecule has 0 saturated carbocycles. The fourth-order valence-corrected chi connectivity index (χ4v) is 4.31. The summed E-state index contributed by atoms with van der Waals surface area (Å²) in [6.45, 7) is 3.56. The molecule has 0 fully saturated rings. The molecule has 0 radical (unpaired) electrons. The zero-order chi connectivity index (χ0) is 26.1.